The molecule has 7 heteroatoms. The molecule has 0 heterocycles. The summed E-state index contributed by atoms with van der Waals surface area (Å²) in [7, 11) is -1.25. The average molecular weight is 381 g/mol. The van der Waals surface area contributed by atoms with Crippen molar-refractivity contribution in [3.05, 3.63) is 40.3 Å². The Morgan fingerprint density at radius 3 is 2.95 bits per heavy atom. The Kier molecular flexibility index (Phi) is 7.87. The van der Waals surface area contributed by atoms with E-state index in [0.29, 0.717) is 17.3 Å². The fraction of sp³-hybridized carbons (Fsp3) is 0.308. The molecule has 1 N–H and O–H groups in total. The molecule has 1 aromatic carbocycles. The Labute approximate surface area is 134 Å². The first-order valence-electron chi connectivity index (χ1n) is 5.83. The molecule has 0 aromatic heterocycles. The summed E-state index contributed by atoms with van der Waals surface area (Å²) in [5, 5.41) is 3.18. The number of hydrogen-bond donors (Lipinski definition) is 1. The van der Waals surface area contributed by atoms with Crippen LogP contribution < -0.4 is 10.1 Å². The fourth-order valence-corrected chi connectivity index (χ4v) is 2.90. The lowest BCUT2D eigenvalue weighted by molar-refractivity contribution is -0.118. The second kappa shape index (κ2) is 9.15. The molecule has 0 saturated carbocycles. The summed E-state index contributed by atoms with van der Waals surface area (Å²) in [6, 6.07) is 5.16. The van der Waals surface area contributed by atoms with E-state index in [9.17, 15) is 9.00 Å². The third kappa shape index (κ3) is 6.54. The highest BCUT2D eigenvalue weighted by Crippen LogP contribution is 2.27. The Hall–Kier alpha value is -0.850. The number of halogens is 2. The van der Waals surface area contributed by atoms with Crippen LogP contribution in [0, 0.1) is 0 Å². The highest BCUT2D eigenvalue weighted by atomic mass is 79.9. The number of carbonyl (C=O) groups is 1. The molecule has 20 heavy (non-hydrogen) atoms. The molecule has 1 atom stereocenters. The van der Waals surface area contributed by atoms with Crippen LogP contribution in [0.1, 0.15) is 0 Å². The third-order valence-corrected chi connectivity index (χ3v) is 4.26. The van der Waals surface area contributed by atoms with Crippen LogP contribution in [0.3, 0.4) is 0 Å². The van der Waals surface area contributed by atoms with Gasteiger partial charge in [0.15, 0.2) is 0 Å². The van der Waals surface area contributed by atoms with Gasteiger partial charge in [-0.1, -0.05) is 17.7 Å². The largest absolute Gasteiger partial charge is 0.491 e. The van der Waals surface area contributed by atoms with Gasteiger partial charge in [0.2, 0.25) is 5.91 Å². The minimum atomic E-state index is -1.25. The average Bonchev–Trinajstić information content (AvgIpc) is 2.39. The summed E-state index contributed by atoms with van der Waals surface area (Å²) in [6.07, 6.45) is 1.57. The zero-order valence-corrected chi connectivity index (χ0v) is 13.9. The van der Waals surface area contributed by atoms with Gasteiger partial charge in [-0.3, -0.25) is 9.00 Å². The van der Waals surface area contributed by atoms with Crippen LogP contribution >= 0.6 is 27.5 Å². The molecule has 0 aliphatic carbocycles. The minimum absolute atomic E-state index is 0.0288. The highest BCUT2D eigenvalue weighted by Gasteiger charge is 2.08. The molecule has 0 aliphatic rings. The van der Waals surface area contributed by atoms with E-state index < -0.39 is 10.8 Å². The second-order valence-electron chi connectivity index (χ2n) is 3.80. The predicted octanol–water partition coefficient (Wildman–Crippen LogP) is 2.53. The van der Waals surface area contributed by atoms with Gasteiger partial charge in [-0.15, -0.1) is 6.58 Å². The Morgan fingerprint density at radius 2 is 2.30 bits per heavy atom. The molecule has 0 radical (unpaired) electrons. The molecule has 1 amide bonds. The first-order valence-corrected chi connectivity index (χ1v) is 8.49. The third-order valence-electron chi connectivity index (χ3n) is 2.20. The molecular formula is C13H15BrClNO3S. The van der Waals surface area contributed by atoms with Crippen LogP contribution in [0.25, 0.3) is 0 Å². The summed E-state index contributed by atoms with van der Waals surface area (Å²) in [4.78, 5) is 11.3. The van der Waals surface area contributed by atoms with Crippen molar-refractivity contribution in [1.82, 2.24) is 5.32 Å². The molecule has 0 spiro atoms. The van der Waals surface area contributed by atoms with Gasteiger partial charge in [-0.05, 0) is 34.1 Å². The van der Waals surface area contributed by atoms with E-state index in [1.165, 1.54) is 0 Å². The van der Waals surface area contributed by atoms with E-state index in [0.717, 1.165) is 4.47 Å². The summed E-state index contributed by atoms with van der Waals surface area (Å²) in [5.74, 6) is 0.633. The molecule has 1 aromatic rings. The first-order chi connectivity index (χ1) is 9.52. The van der Waals surface area contributed by atoms with Gasteiger partial charge in [0.25, 0.3) is 0 Å². The van der Waals surface area contributed by atoms with Crippen LogP contribution in [0.4, 0.5) is 0 Å². The quantitative estimate of drug-likeness (QED) is 0.705. The van der Waals surface area contributed by atoms with Crippen molar-refractivity contribution < 1.29 is 13.7 Å². The van der Waals surface area contributed by atoms with Gasteiger partial charge < -0.3 is 10.1 Å². The minimum Gasteiger partial charge on any atom is -0.491 e. The lowest BCUT2D eigenvalue weighted by Crippen LogP contribution is -2.29. The summed E-state index contributed by atoms with van der Waals surface area (Å²) in [5.41, 5.74) is 0. The van der Waals surface area contributed by atoms with E-state index in [1.807, 2.05) is 0 Å². The molecule has 0 unspecified atom stereocenters. The SMILES string of the molecule is C=CCNC(=O)C[S@@](=O)CCOc1ccc(Cl)cc1Br. The van der Waals surface area contributed by atoms with E-state index in [-0.39, 0.29) is 24.0 Å². The molecule has 0 aliphatic heterocycles. The number of ether oxygens (including phenoxy) is 1. The Morgan fingerprint density at radius 1 is 1.55 bits per heavy atom. The standard InChI is InChI=1S/C13H15BrClNO3S/c1-2-5-16-13(17)9-20(18)7-6-19-12-4-3-10(15)8-11(12)14/h2-4,8H,1,5-7,9H2,(H,16,17)/t20-/m0/s1. The molecule has 0 fully saturated rings. The smallest absolute Gasteiger partial charge is 0.232 e. The monoisotopic (exact) mass is 379 g/mol. The maximum Gasteiger partial charge on any atom is 0.232 e. The number of amides is 1. The number of rotatable bonds is 8. The highest BCUT2D eigenvalue weighted by molar-refractivity contribution is 9.10. The van der Waals surface area contributed by atoms with Crippen LogP contribution in [-0.4, -0.2) is 34.8 Å². The lowest BCUT2D eigenvalue weighted by atomic mass is 10.3. The van der Waals surface area contributed by atoms with Gasteiger partial charge >= 0.3 is 0 Å². The van der Waals surface area contributed by atoms with Gasteiger partial charge in [0.1, 0.15) is 11.5 Å². The summed E-state index contributed by atoms with van der Waals surface area (Å²) in [6.45, 7) is 4.13. The molecule has 0 bridgehead atoms. The van der Waals surface area contributed by atoms with Crippen LogP contribution in [0.15, 0.2) is 35.3 Å². The molecule has 0 saturated heterocycles. The lowest BCUT2D eigenvalue weighted by Gasteiger charge is -2.08. The molecular weight excluding hydrogens is 366 g/mol. The van der Waals surface area contributed by atoms with E-state index in [4.69, 9.17) is 16.3 Å². The number of nitrogens with one attached hydrogen (secondary N) is 1. The topological polar surface area (TPSA) is 55.4 Å². The zero-order valence-electron chi connectivity index (χ0n) is 10.7. The van der Waals surface area contributed by atoms with Crippen molar-refractivity contribution in [3.63, 3.8) is 0 Å². The molecule has 1 rings (SSSR count). The normalized spacial score (nSPS) is 11.7. The van der Waals surface area contributed by atoms with Gasteiger partial charge in [-0.25, -0.2) is 0 Å². The molecule has 4 nitrogen and oxygen atoms in total. The van der Waals surface area contributed by atoms with Gasteiger partial charge in [0, 0.05) is 22.4 Å². The Bertz CT molecular complexity index is 510. The van der Waals surface area contributed by atoms with E-state index in [1.54, 1.807) is 24.3 Å². The van der Waals surface area contributed by atoms with E-state index >= 15 is 0 Å². The first kappa shape index (κ1) is 17.2. The fourth-order valence-electron chi connectivity index (χ4n) is 1.29. The summed E-state index contributed by atoms with van der Waals surface area (Å²) < 4.78 is 17.9. The number of carbonyl (C=O) groups excluding carboxylic acids is 1. The van der Waals surface area contributed by atoms with Crippen molar-refractivity contribution in [1.29, 1.82) is 0 Å². The predicted molar refractivity (Wildman–Crippen MR) is 85.7 cm³/mol. The van der Waals surface area contributed by atoms with Crippen molar-refractivity contribution in [3.8, 4) is 5.75 Å². The van der Waals surface area contributed by atoms with Crippen molar-refractivity contribution in [2.75, 3.05) is 24.7 Å². The maximum absolute atomic E-state index is 11.7. The van der Waals surface area contributed by atoms with Crippen LogP contribution in [-0.2, 0) is 15.6 Å². The van der Waals surface area contributed by atoms with Crippen LogP contribution in [0.2, 0.25) is 5.02 Å². The number of benzene rings is 1. The zero-order chi connectivity index (χ0) is 15.0. The van der Waals surface area contributed by atoms with Gasteiger partial charge in [-0.2, -0.15) is 0 Å². The number of hydrogen-bond acceptors (Lipinski definition) is 3. The van der Waals surface area contributed by atoms with Crippen molar-refractivity contribution >= 4 is 44.2 Å². The maximum atomic E-state index is 11.7. The van der Waals surface area contributed by atoms with Crippen molar-refractivity contribution in [2.45, 2.75) is 0 Å². The van der Waals surface area contributed by atoms with Gasteiger partial charge in [0.05, 0.1) is 16.8 Å². The Balaban J connectivity index is 2.31. The second-order valence-corrected chi connectivity index (χ2v) is 6.67. The van der Waals surface area contributed by atoms with E-state index in [2.05, 4.69) is 27.8 Å². The van der Waals surface area contributed by atoms with Crippen molar-refractivity contribution in [2.24, 2.45) is 0 Å². The summed E-state index contributed by atoms with van der Waals surface area (Å²) >= 11 is 9.14. The molecule has 110 valence electrons. The van der Waals surface area contributed by atoms with Crippen LogP contribution in [0.5, 0.6) is 5.75 Å².